The molecule has 70 valence electrons. The Morgan fingerprint density at radius 2 is 2.00 bits per heavy atom. The molecule has 1 nitrogen and oxygen atoms in total. The standard InChI is InChI=1S/C9H15BrFN/c1-9(10,11)8-6-7-2-4-12(8)5-3-7/h7-8H,2-6H2,1H3. The van der Waals surface area contributed by atoms with Crippen LogP contribution in [0.5, 0.6) is 0 Å². The van der Waals surface area contributed by atoms with E-state index in [1.807, 2.05) is 0 Å². The number of hydrogen-bond acceptors (Lipinski definition) is 1. The first-order valence-corrected chi connectivity index (χ1v) is 5.48. The minimum absolute atomic E-state index is 0.116. The van der Waals surface area contributed by atoms with Crippen molar-refractivity contribution in [1.82, 2.24) is 4.90 Å². The molecule has 0 aromatic carbocycles. The molecule has 0 N–H and O–H groups in total. The molecule has 3 rings (SSSR count). The SMILES string of the molecule is CC(F)(Br)C1CC2CCN1CC2. The molecule has 3 heterocycles. The van der Waals surface area contributed by atoms with E-state index in [0.717, 1.165) is 25.4 Å². The highest BCUT2D eigenvalue weighted by molar-refractivity contribution is 9.10. The Kier molecular flexibility index (Phi) is 2.20. The number of alkyl halides is 2. The van der Waals surface area contributed by atoms with Crippen molar-refractivity contribution in [2.45, 2.75) is 36.8 Å². The van der Waals surface area contributed by atoms with E-state index in [1.54, 1.807) is 6.92 Å². The van der Waals surface area contributed by atoms with E-state index in [9.17, 15) is 4.39 Å². The van der Waals surface area contributed by atoms with Gasteiger partial charge in [0.2, 0.25) is 0 Å². The van der Waals surface area contributed by atoms with Crippen LogP contribution in [0.15, 0.2) is 0 Å². The molecule has 3 heteroatoms. The lowest BCUT2D eigenvalue weighted by Crippen LogP contribution is -2.54. The predicted molar refractivity (Wildman–Crippen MR) is 51.1 cm³/mol. The first-order valence-electron chi connectivity index (χ1n) is 4.69. The fraction of sp³-hybridized carbons (Fsp3) is 1.00. The predicted octanol–water partition coefficient (Wildman–Crippen LogP) is 2.55. The zero-order valence-electron chi connectivity index (χ0n) is 7.39. The molecular weight excluding hydrogens is 221 g/mol. The van der Waals surface area contributed by atoms with Crippen LogP contribution < -0.4 is 0 Å². The molecule has 2 atom stereocenters. The normalized spacial score (nSPS) is 45.8. The molecule has 0 aliphatic carbocycles. The van der Waals surface area contributed by atoms with Crippen LogP contribution in [0.1, 0.15) is 26.2 Å². The largest absolute Gasteiger partial charge is 0.296 e. The summed E-state index contributed by atoms with van der Waals surface area (Å²) in [5.74, 6) is 0.785. The molecule has 0 aromatic rings. The van der Waals surface area contributed by atoms with E-state index >= 15 is 0 Å². The molecule has 3 aliphatic rings. The van der Waals surface area contributed by atoms with Crippen LogP contribution in [0.4, 0.5) is 4.39 Å². The Bertz CT molecular complexity index is 170. The number of halogens is 2. The van der Waals surface area contributed by atoms with Gasteiger partial charge in [-0.25, -0.2) is 4.39 Å². The second kappa shape index (κ2) is 2.95. The Morgan fingerprint density at radius 3 is 2.25 bits per heavy atom. The Labute approximate surface area is 81.4 Å². The molecule has 2 bridgehead atoms. The van der Waals surface area contributed by atoms with E-state index in [0.29, 0.717) is 0 Å². The third-order valence-corrected chi connectivity index (χ3v) is 3.76. The van der Waals surface area contributed by atoms with Gasteiger partial charge in [0.1, 0.15) is 0 Å². The van der Waals surface area contributed by atoms with Gasteiger partial charge in [0, 0.05) is 0 Å². The van der Waals surface area contributed by atoms with E-state index in [4.69, 9.17) is 0 Å². The van der Waals surface area contributed by atoms with Crippen LogP contribution in [-0.4, -0.2) is 28.6 Å². The van der Waals surface area contributed by atoms with Crippen molar-refractivity contribution in [1.29, 1.82) is 0 Å². The molecular formula is C9H15BrFN. The second-order valence-corrected chi connectivity index (χ2v) is 5.74. The van der Waals surface area contributed by atoms with Crippen LogP contribution in [-0.2, 0) is 0 Å². The molecule has 0 spiro atoms. The summed E-state index contributed by atoms with van der Waals surface area (Å²) in [6, 6.07) is 0.116. The van der Waals surface area contributed by atoms with Gasteiger partial charge < -0.3 is 0 Å². The smallest absolute Gasteiger partial charge is 0.177 e. The van der Waals surface area contributed by atoms with Crippen molar-refractivity contribution in [2.24, 2.45) is 5.92 Å². The van der Waals surface area contributed by atoms with E-state index < -0.39 is 4.58 Å². The summed E-state index contributed by atoms with van der Waals surface area (Å²) in [6.07, 6.45) is 3.59. The zero-order valence-corrected chi connectivity index (χ0v) is 8.98. The van der Waals surface area contributed by atoms with Crippen molar-refractivity contribution in [2.75, 3.05) is 13.1 Å². The zero-order chi connectivity index (χ0) is 8.77. The quantitative estimate of drug-likeness (QED) is 0.632. The summed E-state index contributed by atoms with van der Waals surface area (Å²) in [6.45, 7) is 3.83. The highest BCUT2D eigenvalue weighted by Gasteiger charge is 2.43. The van der Waals surface area contributed by atoms with E-state index in [-0.39, 0.29) is 6.04 Å². The minimum atomic E-state index is -1.19. The lowest BCUT2D eigenvalue weighted by molar-refractivity contribution is 0.00127. The maximum Gasteiger partial charge on any atom is 0.177 e. The van der Waals surface area contributed by atoms with Gasteiger partial charge in [-0.05, 0) is 61.1 Å². The molecule has 0 aromatic heterocycles. The first kappa shape index (κ1) is 8.95. The second-order valence-electron chi connectivity index (χ2n) is 4.19. The molecule has 0 saturated carbocycles. The Balaban J connectivity index is 2.09. The molecule has 3 fully saturated rings. The molecule has 3 saturated heterocycles. The maximum absolute atomic E-state index is 13.6. The van der Waals surface area contributed by atoms with Gasteiger partial charge in [-0.2, -0.15) is 0 Å². The average Bonchev–Trinajstić information content (AvgIpc) is 2.05. The molecule has 12 heavy (non-hydrogen) atoms. The summed E-state index contributed by atoms with van der Waals surface area (Å²) in [5.41, 5.74) is 0. The van der Waals surface area contributed by atoms with Crippen LogP contribution in [0, 0.1) is 5.92 Å². The Hall–Kier alpha value is 0.370. The fourth-order valence-corrected chi connectivity index (χ4v) is 2.97. The third-order valence-electron chi connectivity index (χ3n) is 3.23. The monoisotopic (exact) mass is 235 g/mol. The first-order chi connectivity index (χ1) is 5.57. The number of rotatable bonds is 1. The van der Waals surface area contributed by atoms with Gasteiger partial charge in [0.15, 0.2) is 4.58 Å². The Morgan fingerprint density at radius 1 is 1.42 bits per heavy atom. The van der Waals surface area contributed by atoms with Gasteiger partial charge in [-0.3, -0.25) is 4.90 Å². The summed E-state index contributed by atoms with van der Waals surface area (Å²) >= 11 is 3.13. The number of nitrogens with zero attached hydrogens (tertiary/aromatic N) is 1. The number of fused-ring (bicyclic) bond motifs is 3. The van der Waals surface area contributed by atoms with Gasteiger partial charge in [-0.1, -0.05) is 0 Å². The van der Waals surface area contributed by atoms with Crippen molar-refractivity contribution < 1.29 is 4.39 Å². The molecule has 0 radical (unpaired) electrons. The molecule has 3 aliphatic heterocycles. The molecule has 0 amide bonds. The van der Waals surface area contributed by atoms with Crippen LogP contribution in [0.2, 0.25) is 0 Å². The maximum atomic E-state index is 13.6. The van der Waals surface area contributed by atoms with E-state index in [2.05, 4.69) is 20.8 Å². The average molecular weight is 236 g/mol. The van der Waals surface area contributed by atoms with Crippen molar-refractivity contribution in [3.8, 4) is 0 Å². The van der Waals surface area contributed by atoms with Gasteiger partial charge in [0.25, 0.3) is 0 Å². The lowest BCUT2D eigenvalue weighted by atomic mass is 9.82. The summed E-state index contributed by atoms with van der Waals surface area (Å²) in [7, 11) is 0. The highest BCUT2D eigenvalue weighted by Crippen LogP contribution is 2.40. The van der Waals surface area contributed by atoms with E-state index in [1.165, 1.54) is 12.8 Å². The minimum Gasteiger partial charge on any atom is -0.296 e. The summed E-state index contributed by atoms with van der Waals surface area (Å²) in [5, 5.41) is 0. The highest BCUT2D eigenvalue weighted by atomic mass is 79.9. The number of hydrogen-bond donors (Lipinski definition) is 0. The number of piperidine rings is 3. The summed E-state index contributed by atoms with van der Waals surface area (Å²) < 4.78 is 12.4. The van der Waals surface area contributed by atoms with Gasteiger partial charge >= 0.3 is 0 Å². The topological polar surface area (TPSA) is 3.24 Å². The van der Waals surface area contributed by atoms with Crippen molar-refractivity contribution in [3.63, 3.8) is 0 Å². The van der Waals surface area contributed by atoms with Crippen LogP contribution in [0.25, 0.3) is 0 Å². The van der Waals surface area contributed by atoms with Gasteiger partial charge in [0.05, 0.1) is 6.04 Å². The lowest BCUT2D eigenvalue weighted by Gasteiger charge is -2.48. The van der Waals surface area contributed by atoms with Gasteiger partial charge in [-0.15, -0.1) is 0 Å². The third kappa shape index (κ3) is 1.53. The van der Waals surface area contributed by atoms with Crippen molar-refractivity contribution in [3.05, 3.63) is 0 Å². The summed E-state index contributed by atoms with van der Waals surface area (Å²) in [4.78, 5) is 2.29. The van der Waals surface area contributed by atoms with Crippen LogP contribution >= 0.6 is 15.9 Å². The van der Waals surface area contributed by atoms with Crippen molar-refractivity contribution >= 4 is 15.9 Å². The van der Waals surface area contributed by atoms with Crippen LogP contribution in [0.3, 0.4) is 0 Å². The fourth-order valence-electron chi connectivity index (χ4n) is 2.49. The molecule has 2 unspecified atom stereocenters.